The predicted molar refractivity (Wildman–Crippen MR) is 106 cm³/mol. The summed E-state index contributed by atoms with van der Waals surface area (Å²) in [5, 5.41) is 4.57. The zero-order chi connectivity index (χ0) is 17.3. The molecule has 24 heavy (non-hydrogen) atoms. The van der Waals surface area contributed by atoms with Crippen molar-refractivity contribution in [1.29, 1.82) is 0 Å². The molecule has 0 amide bonds. The molecule has 0 unspecified atom stereocenters. The number of para-hydroxylation sites is 1. The zero-order valence-corrected chi connectivity index (χ0v) is 16.1. The summed E-state index contributed by atoms with van der Waals surface area (Å²) >= 11 is 1.73. The van der Waals surface area contributed by atoms with Gasteiger partial charge < -0.3 is 5.32 Å². The van der Waals surface area contributed by atoms with Crippen LogP contribution in [0.2, 0.25) is 0 Å². The molecule has 3 rings (SSSR count). The summed E-state index contributed by atoms with van der Waals surface area (Å²) in [5.41, 5.74) is 6.88. The molecule has 1 N–H and O–H groups in total. The molecule has 0 aliphatic heterocycles. The van der Waals surface area contributed by atoms with Gasteiger partial charge in [0.25, 0.3) is 0 Å². The average molecular weight is 339 g/mol. The van der Waals surface area contributed by atoms with E-state index in [9.17, 15) is 0 Å². The molecule has 0 fully saturated rings. The molecule has 0 saturated heterocycles. The third kappa shape index (κ3) is 3.78. The van der Waals surface area contributed by atoms with Crippen LogP contribution in [0.4, 0.5) is 5.13 Å². The molecule has 0 spiro atoms. The summed E-state index contributed by atoms with van der Waals surface area (Å²) < 4.78 is 1.24. The third-order valence-corrected chi connectivity index (χ3v) is 5.50. The first-order chi connectivity index (χ1) is 11.3. The van der Waals surface area contributed by atoms with Gasteiger partial charge in [-0.25, -0.2) is 4.98 Å². The van der Waals surface area contributed by atoms with Crippen molar-refractivity contribution in [2.24, 2.45) is 5.41 Å². The lowest BCUT2D eigenvalue weighted by Gasteiger charge is -2.27. The second kappa shape index (κ2) is 6.56. The van der Waals surface area contributed by atoms with Gasteiger partial charge >= 0.3 is 0 Å². The van der Waals surface area contributed by atoms with Gasteiger partial charge in [0.05, 0.1) is 10.2 Å². The molecule has 0 saturated carbocycles. The van der Waals surface area contributed by atoms with Gasteiger partial charge in [-0.2, -0.15) is 0 Å². The highest BCUT2D eigenvalue weighted by Gasteiger charge is 2.21. The van der Waals surface area contributed by atoms with E-state index < -0.39 is 0 Å². The number of anilines is 1. The topological polar surface area (TPSA) is 24.9 Å². The number of aryl methyl sites for hydroxylation is 3. The Bertz CT molecular complexity index is 805. The van der Waals surface area contributed by atoms with Crippen molar-refractivity contribution in [2.75, 3.05) is 11.9 Å². The number of nitrogens with one attached hydrogen (secondary N) is 1. The minimum absolute atomic E-state index is 0.169. The fraction of sp³-hybridized carbons (Fsp3) is 0.381. The van der Waals surface area contributed by atoms with Gasteiger partial charge in [0.2, 0.25) is 0 Å². The van der Waals surface area contributed by atoms with E-state index >= 15 is 0 Å². The Labute approximate surface area is 148 Å². The number of rotatable bonds is 5. The second-order valence-electron chi connectivity index (χ2n) is 7.56. The zero-order valence-electron chi connectivity index (χ0n) is 15.2. The SMILES string of the molecule is Cc1cc(C)c(CC(C)(C)CNc2nc3ccccc3s2)c(C)c1. The minimum atomic E-state index is 0.169. The van der Waals surface area contributed by atoms with Crippen LogP contribution >= 0.6 is 11.3 Å². The van der Waals surface area contributed by atoms with Crippen molar-refractivity contribution < 1.29 is 0 Å². The summed E-state index contributed by atoms with van der Waals surface area (Å²) in [7, 11) is 0. The Morgan fingerprint density at radius 1 is 1.04 bits per heavy atom. The number of benzene rings is 2. The van der Waals surface area contributed by atoms with Crippen molar-refractivity contribution in [2.45, 2.75) is 41.0 Å². The summed E-state index contributed by atoms with van der Waals surface area (Å²) in [5.74, 6) is 0. The number of fused-ring (bicyclic) bond motifs is 1. The first-order valence-electron chi connectivity index (χ1n) is 8.50. The third-order valence-electron chi connectivity index (χ3n) is 4.51. The quantitative estimate of drug-likeness (QED) is 0.626. The van der Waals surface area contributed by atoms with E-state index in [2.05, 4.69) is 75.3 Å². The fourth-order valence-electron chi connectivity index (χ4n) is 3.29. The summed E-state index contributed by atoms with van der Waals surface area (Å²) in [6.45, 7) is 12.2. The van der Waals surface area contributed by atoms with Crippen LogP contribution in [-0.2, 0) is 6.42 Å². The molecule has 0 atom stereocenters. The van der Waals surface area contributed by atoms with Gasteiger partial charge in [-0.3, -0.25) is 0 Å². The molecule has 3 heteroatoms. The predicted octanol–water partition coefficient (Wildman–Crippen LogP) is 5.90. The van der Waals surface area contributed by atoms with Crippen LogP contribution in [0.25, 0.3) is 10.2 Å². The smallest absolute Gasteiger partial charge is 0.183 e. The van der Waals surface area contributed by atoms with E-state index in [1.54, 1.807) is 11.3 Å². The number of nitrogens with zero attached hydrogens (tertiary/aromatic N) is 1. The highest BCUT2D eigenvalue weighted by molar-refractivity contribution is 7.22. The molecule has 3 aromatic rings. The second-order valence-corrected chi connectivity index (χ2v) is 8.59. The Morgan fingerprint density at radius 3 is 2.38 bits per heavy atom. The molecule has 0 radical (unpaired) electrons. The molecular formula is C21H26N2S. The minimum Gasteiger partial charge on any atom is -0.361 e. The standard InChI is InChI=1S/C21H26N2S/c1-14-10-15(2)17(16(3)11-14)12-21(4,5)13-22-20-23-18-8-6-7-9-19(18)24-20/h6-11H,12-13H2,1-5H3,(H,22,23). The van der Waals surface area contributed by atoms with E-state index in [0.717, 1.165) is 23.6 Å². The van der Waals surface area contributed by atoms with Gasteiger partial charge in [-0.15, -0.1) is 0 Å². The van der Waals surface area contributed by atoms with E-state index in [-0.39, 0.29) is 5.41 Å². The van der Waals surface area contributed by atoms with Crippen LogP contribution in [0.5, 0.6) is 0 Å². The summed E-state index contributed by atoms with van der Waals surface area (Å²) in [6.07, 6.45) is 1.07. The van der Waals surface area contributed by atoms with Crippen LogP contribution in [-0.4, -0.2) is 11.5 Å². The molecule has 0 aliphatic carbocycles. The normalized spacial score (nSPS) is 11.9. The molecule has 1 aromatic heterocycles. The number of thiazole rings is 1. The van der Waals surface area contributed by atoms with Crippen molar-refractivity contribution in [1.82, 2.24) is 4.98 Å². The van der Waals surface area contributed by atoms with E-state index in [4.69, 9.17) is 0 Å². The van der Waals surface area contributed by atoms with Gasteiger partial charge in [0, 0.05) is 6.54 Å². The highest BCUT2D eigenvalue weighted by atomic mass is 32.1. The number of aromatic nitrogens is 1. The van der Waals surface area contributed by atoms with Crippen LogP contribution in [0, 0.1) is 26.2 Å². The Kier molecular flexibility index (Phi) is 4.64. The Balaban J connectivity index is 1.72. The molecule has 2 aromatic carbocycles. The fourth-order valence-corrected chi connectivity index (χ4v) is 4.15. The lowest BCUT2D eigenvalue weighted by molar-refractivity contribution is 0.388. The van der Waals surface area contributed by atoms with Crippen LogP contribution in [0.1, 0.15) is 36.1 Å². The van der Waals surface area contributed by atoms with Crippen molar-refractivity contribution >= 4 is 26.7 Å². The first kappa shape index (κ1) is 17.0. The van der Waals surface area contributed by atoms with Gasteiger partial charge in [0.1, 0.15) is 0 Å². The van der Waals surface area contributed by atoms with Gasteiger partial charge in [0.15, 0.2) is 5.13 Å². The number of hydrogen-bond acceptors (Lipinski definition) is 3. The molecule has 2 nitrogen and oxygen atoms in total. The van der Waals surface area contributed by atoms with E-state index in [0.29, 0.717) is 0 Å². The Hall–Kier alpha value is -1.87. The highest BCUT2D eigenvalue weighted by Crippen LogP contribution is 2.30. The number of hydrogen-bond donors (Lipinski definition) is 1. The lowest BCUT2D eigenvalue weighted by atomic mass is 9.82. The maximum absolute atomic E-state index is 4.68. The lowest BCUT2D eigenvalue weighted by Crippen LogP contribution is -2.26. The maximum atomic E-state index is 4.68. The summed E-state index contributed by atoms with van der Waals surface area (Å²) in [4.78, 5) is 4.68. The largest absolute Gasteiger partial charge is 0.361 e. The maximum Gasteiger partial charge on any atom is 0.183 e. The van der Waals surface area contributed by atoms with Gasteiger partial charge in [-0.05, 0) is 61.4 Å². The van der Waals surface area contributed by atoms with Crippen molar-refractivity contribution in [3.63, 3.8) is 0 Å². The van der Waals surface area contributed by atoms with Crippen molar-refractivity contribution in [3.8, 4) is 0 Å². The molecule has 1 heterocycles. The van der Waals surface area contributed by atoms with E-state index in [1.165, 1.54) is 27.0 Å². The van der Waals surface area contributed by atoms with Crippen molar-refractivity contribution in [3.05, 3.63) is 58.7 Å². The molecule has 0 aliphatic rings. The average Bonchev–Trinajstić information content (AvgIpc) is 2.92. The van der Waals surface area contributed by atoms with E-state index in [1.807, 2.05) is 6.07 Å². The monoisotopic (exact) mass is 338 g/mol. The van der Waals surface area contributed by atoms with Gasteiger partial charge in [-0.1, -0.05) is 55.0 Å². The molecule has 0 bridgehead atoms. The van der Waals surface area contributed by atoms with Crippen LogP contribution in [0.15, 0.2) is 36.4 Å². The molecule has 126 valence electrons. The molecular weight excluding hydrogens is 312 g/mol. The van der Waals surface area contributed by atoms with Crippen LogP contribution in [0.3, 0.4) is 0 Å². The van der Waals surface area contributed by atoms with Crippen LogP contribution < -0.4 is 5.32 Å². The summed E-state index contributed by atoms with van der Waals surface area (Å²) in [6, 6.07) is 12.9. The Morgan fingerprint density at radius 2 is 1.71 bits per heavy atom. The first-order valence-corrected chi connectivity index (χ1v) is 9.32.